The number of carbonyl (C=O) groups is 1. The van der Waals surface area contributed by atoms with Crippen LogP contribution in [0.1, 0.15) is 29.8 Å². The van der Waals surface area contributed by atoms with Crippen LogP contribution in [0.25, 0.3) is 5.95 Å². The van der Waals surface area contributed by atoms with Crippen molar-refractivity contribution >= 4 is 5.91 Å². The Morgan fingerprint density at radius 2 is 2.12 bits per heavy atom. The molecule has 136 valence electrons. The molecular weight excluding hydrogens is 334 g/mol. The third-order valence-corrected chi connectivity index (χ3v) is 3.94. The molecule has 0 spiro atoms. The van der Waals surface area contributed by atoms with E-state index in [1.54, 1.807) is 23.1 Å². The topological polar surface area (TPSA) is 95.0 Å². The van der Waals surface area contributed by atoms with Crippen LogP contribution in [0.5, 0.6) is 0 Å². The van der Waals surface area contributed by atoms with Crippen molar-refractivity contribution in [2.45, 2.75) is 40.3 Å². The van der Waals surface area contributed by atoms with Gasteiger partial charge in [0.05, 0.1) is 18.5 Å². The van der Waals surface area contributed by atoms with Gasteiger partial charge < -0.3 is 9.73 Å². The van der Waals surface area contributed by atoms with E-state index >= 15 is 0 Å². The lowest BCUT2D eigenvalue weighted by Gasteiger charge is -2.14. The molecule has 0 radical (unpaired) electrons. The zero-order valence-corrected chi connectivity index (χ0v) is 15.0. The van der Waals surface area contributed by atoms with E-state index in [1.807, 2.05) is 26.8 Å². The van der Waals surface area contributed by atoms with Crippen LogP contribution in [0.15, 0.2) is 39.7 Å². The summed E-state index contributed by atoms with van der Waals surface area (Å²) in [7, 11) is 0. The summed E-state index contributed by atoms with van der Waals surface area (Å²) in [5.41, 5.74) is 2.03. The molecule has 0 aliphatic rings. The van der Waals surface area contributed by atoms with Crippen LogP contribution < -0.4 is 10.9 Å². The molecule has 0 saturated carbocycles. The van der Waals surface area contributed by atoms with Gasteiger partial charge in [-0.1, -0.05) is 6.92 Å². The lowest BCUT2D eigenvalue weighted by atomic mass is 10.3. The van der Waals surface area contributed by atoms with E-state index in [2.05, 4.69) is 15.4 Å². The highest BCUT2D eigenvalue weighted by molar-refractivity contribution is 5.75. The van der Waals surface area contributed by atoms with Gasteiger partial charge in [0, 0.05) is 17.5 Å². The molecule has 3 heterocycles. The van der Waals surface area contributed by atoms with Gasteiger partial charge in [0.1, 0.15) is 12.3 Å². The molecule has 0 aliphatic heterocycles. The number of nitrogens with zero attached hydrogens (tertiary/aromatic N) is 4. The maximum atomic E-state index is 12.6. The van der Waals surface area contributed by atoms with E-state index in [0.717, 1.165) is 11.4 Å². The smallest absolute Gasteiger partial charge is 0.255 e. The second-order valence-electron chi connectivity index (χ2n) is 6.02. The van der Waals surface area contributed by atoms with Crippen LogP contribution in [0.3, 0.4) is 0 Å². The Hall–Kier alpha value is -3.16. The Balaban J connectivity index is 1.91. The van der Waals surface area contributed by atoms with Crippen molar-refractivity contribution in [1.29, 1.82) is 0 Å². The first kappa shape index (κ1) is 17.7. The van der Waals surface area contributed by atoms with E-state index in [-0.39, 0.29) is 24.6 Å². The van der Waals surface area contributed by atoms with Gasteiger partial charge in [0.25, 0.3) is 5.56 Å². The van der Waals surface area contributed by atoms with E-state index < -0.39 is 0 Å². The molecule has 0 aliphatic carbocycles. The van der Waals surface area contributed by atoms with Crippen LogP contribution in [-0.4, -0.2) is 25.2 Å². The van der Waals surface area contributed by atoms with Gasteiger partial charge in [-0.05, 0) is 38.5 Å². The molecule has 3 aromatic rings. The van der Waals surface area contributed by atoms with Crippen molar-refractivity contribution < 1.29 is 9.21 Å². The number of aromatic nitrogens is 4. The molecule has 0 bridgehead atoms. The van der Waals surface area contributed by atoms with Crippen molar-refractivity contribution in [3.63, 3.8) is 0 Å². The minimum Gasteiger partial charge on any atom is -0.467 e. The first-order valence-corrected chi connectivity index (χ1v) is 8.41. The molecule has 1 amide bonds. The summed E-state index contributed by atoms with van der Waals surface area (Å²) in [6, 6.07) is 6.87. The zero-order valence-electron chi connectivity index (χ0n) is 15.0. The number of hydrogen-bond acceptors (Lipinski definition) is 5. The third-order valence-electron chi connectivity index (χ3n) is 3.94. The predicted molar refractivity (Wildman–Crippen MR) is 95.0 cm³/mol. The predicted octanol–water partition coefficient (Wildman–Crippen LogP) is 1.52. The van der Waals surface area contributed by atoms with Crippen molar-refractivity contribution in [2.24, 2.45) is 0 Å². The van der Waals surface area contributed by atoms with Crippen LogP contribution >= 0.6 is 0 Å². The van der Waals surface area contributed by atoms with Crippen LogP contribution in [-0.2, 0) is 24.3 Å². The Morgan fingerprint density at radius 1 is 1.31 bits per heavy atom. The van der Waals surface area contributed by atoms with Crippen molar-refractivity contribution in [2.75, 3.05) is 0 Å². The highest BCUT2D eigenvalue weighted by Crippen LogP contribution is 2.10. The molecule has 0 saturated heterocycles. The molecule has 0 atom stereocenters. The molecule has 3 aromatic heterocycles. The summed E-state index contributed by atoms with van der Waals surface area (Å²) in [4.78, 5) is 29.4. The largest absolute Gasteiger partial charge is 0.467 e. The molecule has 0 fully saturated rings. The Morgan fingerprint density at radius 3 is 2.73 bits per heavy atom. The van der Waals surface area contributed by atoms with E-state index in [0.29, 0.717) is 23.8 Å². The van der Waals surface area contributed by atoms with Gasteiger partial charge >= 0.3 is 0 Å². The standard InChI is InChI=1S/C18H21N5O3/c1-4-14-9-17(25)22(11-16(24)19-10-15-6-5-7-26-15)18(20-14)23-13(3)8-12(2)21-23/h5-9H,4,10-11H2,1-3H3,(H,19,24). The fraction of sp³-hybridized carbons (Fsp3) is 0.333. The van der Waals surface area contributed by atoms with Gasteiger partial charge in [0.15, 0.2) is 0 Å². The Labute approximate surface area is 150 Å². The zero-order chi connectivity index (χ0) is 18.7. The fourth-order valence-electron chi connectivity index (χ4n) is 2.66. The number of rotatable bonds is 6. The summed E-state index contributed by atoms with van der Waals surface area (Å²) in [5.74, 6) is 0.675. The minimum atomic E-state index is -0.308. The maximum absolute atomic E-state index is 12.6. The number of amides is 1. The first-order chi connectivity index (χ1) is 12.5. The molecule has 8 heteroatoms. The maximum Gasteiger partial charge on any atom is 0.255 e. The molecule has 1 N–H and O–H groups in total. The van der Waals surface area contributed by atoms with Crippen molar-refractivity contribution in [1.82, 2.24) is 24.6 Å². The monoisotopic (exact) mass is 355 g/mol. The van der Waals surface area contributed by atoms with Crippen molar-refractivity contribution in [3.05, 3.63) is 63.7 Å². The normalized spacial score (nSPS) is 10.9. The second kappa shape index (κ2) is 7.38. The summed E-state index contributed by atoms with van der Waals surface area (Å²) in [5, 5.41) is 7.14. The van der Waals surface area contributed by atoms with E-state index in [9.17, 15) is 9.59 Å². The lowest BCUT2D eigenvalue weighted by molar-refractivity contribution is -0.122. The van der Waals surface area contributed by atoms with Crippen molar-refractivity contribution in [3.8, 4) is 5.95 Å². The SMILES string of the molecule is CCc1cc(=O)n(CC(=O)NCc2ccco2)c(-n2nc(C)cc2C)n1. The van der Waals surface area contributed by atoms with Gasteiger partial charge in [0.2, 0.25) is 11.9 Å². The van der Waals surface area contributed by atoms with Gasteiger partial charge in [-0.2, -0.15) is 5.10 Å². The average molecular weight is 355 g/mol. The Kier molecular flexibility index (Phi) is 5.01. The van der Waals surface area contributed by atoms with Crippen LogP contribution in [0.2, 0.25) is 0 Å². The molecule has 0 aromatic carbocycles. The first-order valence-electron chi connectivity index (χ1n) is 8.41. The number of hydrogen-bond donors (Lipinski definition) is 1. The third kappa shape index (κ3) is 3.74. The van der Waals surface area contributed by atoms with E-state index in [1.165, 1.54) is 10.6 Å². The number of carbonyl (C=O) groups excluding carboxylic acids is 1. The second-order valence-corrected chi connectivity index (χ2v) is 6.02. The summed E-state index contributed by atoms with van der Waals surface area (Å²) < 4.78 is 8.11. The van der Waals surface area contributed by atoms with Crippen LogP contribution in [0.4, 0.5) is 0 Å². The molecular formula is C18H21N5O3. The number of nitrogens with one attached hydrogen (secondary N) is 1. The number of aryl methyl sites for hydroxylation is 3. The lowest BCUT2D eigenvalue weighted by Crippen LogP contribution is -2.35. The molecule has 3 rings (SSSR count). The average Bonchev–Trinajstić information content (AvgIpc) is 3.24. The van der Waals surface area contributed by atoms with Gasteiger partial charge in [-0.25, -0.2) is 9.67 Å². The fourth-order valence-corrected chi connectivity index (χ4v) is 2.66. The summed E-state index contributed by atoms with van der Waals surface area (Å²) >= 11 is 0. The van der Waals surface area contributed by atoms with Gasteiger partial charge in [-0.3, -0.25) is 14.2 Å². The van der Waals surface area contributed by atoms with E-state index in [4.69, 9.17) is 4.42 Å². The number of furan rings is 1. The highest BCUT2D eigenvalue weighted by atomic mass is 16.3. The van der Waals surface area contributed by atoms with Crippen LogP contribution in [0, 0.1) is 13.8 Å². The summed E-state index contributed by atoms with van der Waals surface area (Å²) in [6.07, 6.45) is 2.16. The molecule has 8 nitrogen and oxygen atoms in total. The Bertz CT molecular complexity index is 969. The van der Waals surface area contributed by atoms with Gasteiger partial charge in [-0.15, -0.1) is 0 Å². The molecule has 26 heavy (non-hydrogen) atoms. The quantitative estimate of drug-likeness (QED) is 0.723. The highest BCUT2D eigenvalue weighted by Gasteiger charge is 2.16. The molecule has 0 unspecified atom stereocenters. The minimum absolute atomic E-state index is 0.149. The summed E-state index contributed by atoms with van der Waals surface area (Å²) in [6.45, 7) is 5.78.